The number of carbonyl (C=O) groups is 1. The van der Waals surface area contributed by atoms with Gasteiger partial charge in [0, 0.05) is 12.3 Å². The van der Waals surface area contributed by atoms with Crippen LogP contribution >= 0.6 is 0 Å². The summed E-state index contributed by atoms with van der Waals surface area (Å²) in [6.07, 6.45) is 11.5. The zero-order valence-corrected chi connectivity index (χ0v) is 9.84. The maximum absolute atomic E-state index is 11.9. The Kier molecular flexibility index (Phi) is 6.66. The van der Waals surface area contributed by atoms with Crippen LogP contribution in [-0.4, -0.2) is 12.3 Å². The summed E-state index contributed by atoms with van der Waals surface area (Å²) in [4.78, 5) is 11.9. The first-order valence-electron chi connectivity index (χ1n) is 6.57. The topological polar surface area (TPSA) is 43.1 Å². The molecule has 88 valence electrons. The van der Waals surface area contributed by atoms with E-state index in [0.717, 1.165) is 45.1 Å². The van der Waals surface area contributed by atoms with Gasteiger partial charge >= 0.3 is 0 Å². The van der Waals surface area contributed by atoms with Crippen molar-refractivity contribution >= 4 is 5.78 Å². The number of hydrogen-bond acceptors (Lipinski definition) is 2. The van der Waals surface area contributed by atoms with Crippen molar-refractivity contribution in [2.24, 2.45) is 11.7 Å². The van der Waals surface area contributed by atoms with E-state index >= 15 is 0 Å². The number of rotatable bonds is 6. The average molecular weight is 211 g/mol. The molecule has 15 heavy (non-hydrogen) atoms. The maximum Gasteiger partial charge on any atom is 0.135 e. The standard InChI is InChI=1S/C13H25NO/c14-11-7-3-6-10-13(15)12-8-4-1-2-5-9-12/h12H,1-11,14H2. The van der Waals surface area contributed by atoms with Crippen LogP contribution < -0.4 is 5.73 Å². The molecule has 1 aliphatic carbocycles. The van der Waals surface area contributed by atoms with Gasteiger partial charge in [-0.15, -0.1) is 0 Å². The molecule has 2 N–H and O–H groups in total. The summed E-state index contributed by atoms with van der Waals surface area (Å²) in [7, 11) is 0. The highest BCUT2D eigenvalue weighted by molar-refractivity contribution is 5.80. The molecule has 0 atom stereocenters. The first-order chi connectivity index (χ1) is 7.34. The fourth-order valence-corrected chi connectivity index (χ4v) is 2.43. The molecule has 0 heterocycles. The van der Waals surface area contributed by atoms with Gasteiger partial charge in [0.1, 0.15) is 5.78 Å². The van der Waals surface area contributed by atoms with E-state index < -0.39 is 0 Å². The average Bonchev–Trinajstić information content (AvgIpc) is 2.52. The molecule has 0 aliphatic heterocycles. The van der Waals surface area contributed by atoms with E-state index in [1.54, 1.807) is 0 Å². The molecule has 0 aromatic carbocycles. The van der Waals surface area contributed by atoms with Gasteiger partial charge in [0.25, 0.3) is 0 Å². The van der Waals surface area contributed by atoms with Gasteiger partial charge < -0.3 is 5.73 Å². The van der Waals surface area contributed by atoms with Crippen molar-refractivity contribution < 1.29 is 4.79 Å². The SMILES string of the molecule is NCCCCCC(=O)C1CCCCCC1. The second-order valence-electron chi connectivity index (χ2n) is 4.75. The summed E-state index contributed by atoms with van der Waals surface area (Å²) < 4.78 is 0. The minimum absolute atomic E-state index is 0.394. The molecule has 0 unspecified atom stereocenters. The molecule has 0 aromatic heterocycles. The van der Waals surface area contributed by atoms with Gasteiger partial charge in [0.05, 0.1) is 0 Å². The van der Waals surface area contributed by atoms with Crippen LogP contribution in [0.5, 0.6) is 0 Å². The Balaban J connectivity index is 2.14. The molecule has 2 heteroatoms. The normalized spacial score (nSPS) is 18.7. The fraction of sp³-hybridized carbons (Fsp3) is 0.923. The second kappa shape index (κ2) is 7.86. The monoisotopic (exact) mass is 211 g/mol. The van der Waals surface area contributed by atoms with E-state index in [1.165, 1.54) is 25.7 Å². The largest absolute Gasteiger partial charge is 0.330 e. The number of carbonyl (C=O) groups excluding carboxylic acids is 1. The minimum atomic E-state index is 0.394. The summed E-state index contributed by atoms with van der Waals surface area (Å²) in [5.74, 6) is 0.916. The lowest BCUT2D eigenvalue weighted by molar-refractivity contribution is -0.123. The van der Waals surface area contributed by atoms with Crippen LogP contribution in [0.2, 0.25) is 0 Å². The highest BCUT2D eigenvalue weighted by Crippen LogP contribution is 2.25. The maximum atomic E-state index is 11.9. The van der Waals surface area contributed by atoms with E-state index in [2.05, 4.69) is 0 Å². The van der Waals surface area contributed by atoms with E-state index in [4.69, 9.17) is 5.73 Å². The molecular weight excluding hydrogens is 186 g/mol. The number of hydrogen-bond donors (Lipinski definition) is 1. The first-order valence-corrected chi connectivity index (χ1v) is 6.57. The predicted octanol–water partition coefficient (Wildman–Crippen LogP) is 3.05. The lowest BCUT2D eigenvalue weighted by Gasteiger charge is -2.12. The molecule has 0 saturated heterocycles. The molecular formula is C13H25NO. The molecule has 0 radical (unpaired) electrons. The Bertz CT molecular complexity index is 171. The predicted molar refractivity (Wildman–Crippen MR) is 63.7 cm³/mol. The van der Waals surface area contributed by atoms with Gasteiger partial charge in [0.15, 0.2) is 0 Å². The van der Waals surface area contributed by atoms with Gasteiger partial charge in [-0.1, -0.05) is 32.1 Å². The zero-order valence-electron chi connectivity index (χ0n) is 9.84. The van der Waals surface area contributed by atoms with Gasteiger partial charge in [-0.2, -0.15) is 0 Å². The van der Waals surface area contributed by atoms with Crippen LogP contribution in [0.3, 0.4) is 0 Å². The second-order valence-corrected chi connectivity index (χ2v) is 4.75. The molecule has 1 fully saturated rings. The van der Waals surface area contributed by atoms with Crippen LogP contribution in [0, 0.1) is 5.92 Å². The van der Waals surface area contributed by atoms with Gasteiger partial charge in [-0.05, 0) is 32.2 Å². The highest BCUT2D eigenvalue weighted by atomic mass is 16.1. The van der Waals surface area contributed by atoms with Gasteiger partial charge in [-0.25, -0.2) is 0 Å². The lowest BCUT2D eigenvalue weighted by Crippen LogP contribution is -2.13. The van der Waals surface area contributed by atoms with E-state index in [9.17, 15) is 4.79 Å². The summed E-state index contributed by atoms with van der Waals surface area (Å²) in [5.41, 5.74) is 5.42. The summed E-state index contributed by atoms with van der Waals surface area (Å²) in [5, 5.41) is 0. The lowest BCUT2D eigenvalue weighted by atomic mass is 9.92. The van der Waals surface area contributed by atoms with Crippen LogP contribution in [0.4, 0.5) is 0 Å². The summed E-state index contributed by atoms with van der Waals surface area (Å²) in [6.45, 7) is 0.762. The number of nitrogens with two attached hydrogens (primary N) is 1. The van der Waals surface area contributed by atoms with E-state index in [1.807, 2.05) is 0 Å². The third-order valence-corrected chi connectivity index (χ3v) is 3.44. The molecule has 1 saturated carbocycles. The van der Waals surface area contributed by atoms with Crippen molar-refractivity contribution in [3.63, 3.8) is 0 Å². The smallest absolute Gasteiger partial charge is 0.135 e. The Morgan fingerprint density at radius 3 is 2.27 bits per heavy atom. The van der Waals surface area contributed by atoms with Crippen molar-refractivity contribution in [1.82, 2.24) is 0 Å². The van der Waals surface area contributed by atoms with Crippen molar-refractivity contribution in [3.05, 3.63) is 0 Å². The first kappa shape index (κ1) is 12.7. The fourth-order valence-electron chi connectivity index (χ4n) is 2.43. The van der Waals surface area contributed by atoms with Crippen LogP contribution in [0.1, 0.15) is 64.2 Å². The number of Topliss-reactive ketones (excluding diaryl/α,β-unsaturated/α-hetero) is 1. The molecule has 1 rings (SSSR count). The molecule has 0 spiro atoms. The minimum Gasteiger partial charge on any atom is -0.330 e. The molecule has 1 aliphatic rings. The Morgan fingerprint density at radius 2 is 1.67 bits per heavy atom. The van der Waals surface area contributed by atoms with Crippen LogP contribution in [0.25, 0.3) is 0 Å². The quantitative estimate of drug-likeness (QED) is 0.542. The molecule has 0 bridgehead atoms. The van der Waals surface area contributed by atoms with Crippen molar-refractivity contribution in [3.8, 4) is 0 Å². The molecule has 0 aromatic rings. The van der Waals surface area contributed by atoms with Crippen LogP contribution in [0.15, 0.2) is 0 Å². The third-order valence-electron chi connectivity index (χ3n) is 3.44. The zero-order chi connectivity index (χ0) is 10.9. The number of ketones is 1. The molecule has 0 amide bonds. The van der Waals surface area contributed by atoms with Gasteiger partial charge in [0.2, 0.25) is 0 Å². The highest BCUT2D eigenvalue weighted by Gasteiger charge is 2.18. The van der Waals surface area contributed by atoms with Crippen molar-refractivity contribution in [2.45, 2.75) is 64.2 Å². The Morgan fingerprint density at radius 1 is 1.00 bits per heavy atom. The third kappa shape index (κ3) is 5.31. The Labute approximate surface area is 93.6 Å². The van der Waals surface area contributed by atoms with Crippen molar-refractivity contribution in [1.29, 1.82) is 0 Å². The summed E-state index contributed by atoms with van der Waals surface area (Å²) in [6, 6.07) is 0. The number of unbranched alkanes of at least 4 members (excludes halogenated alkanes) is 2. The van der Waals surface area contributed by atoms with Gasteiger partial charge in [-0.3, -0.25) is 4.79 Å². The summed E-state index contributed by atoms with van der Waals surface area (Å²) >= 11 is 0. The van der Waals surface area contributed by atoms with E-state index in [0.29, 0.717) is 11.7 Å². The Hall–Kier alpha value is -0.370. The van der Waals surface area contributed by atoms with Crippen molar-refractivity contribution in [2.75, 3.05) is 6.54 Å². The van der Waals surface area contributed by atoms with Crippen LogP contribution in [-0.2, 0) is 4.79 Å². The van der Waals surface area contributed by atoms with E-state index in [-0.39, 0.29) is 0 Å². The molecule has 2 nitrogen and oxygen atoms in total.